The van der Waals surface area contributed by atoms with Crippen molar-refractivity contribution >= 4 is 17.4 Å². The molecule has 0 radical (unpaired) electrons. The summed E-state index contributed by atoms with van der Waals surface area (Å²) in [5.41, 5.74) is 12.8. The van der Waals surface area contributed by atoms with Gasteiger partial charge in [-0.05, 0) is 37.0 Å². The molecule has 166 valence electrons. The standard InChI is InChI=1S/C27H25N3.CH2O2/c28-27(14-4-15-27)21-11-9-20(10-12-21)26-22(18-5-2-1-3-6-18)17-23-24(30-26)13-16-29-25(23)19-7-8-19;2-1-3/h1-3,5-6,9-13,16-17,19H,4,7-8,14-15,28H2;1H,(H,2,3)/p+1. The molecule has 2 aromatic heterocycles. The zero-order valence-electron chi connectivity index (χ0n) is 18.6. The van der Waals surface area contributed by atoms with E-state index in [1.165, 1.54) is 59.9 Å². The molecule has 0 saturated heterocycles. The molecule has 0 bridgehead atoms. The molecule has 0 spiro atoms. The SMILES string of the molecule is O=CO.[NH3+]C1(c2ccc(-c3nc4ccnc(C5CC5)c4cc3-c3ccccc3)cc2)CCC1. The van der Waals surface area contributed by atoms with Gasteiger partial charge in [-0.25, -0.2) is 4.98 Å². The van der Waals surface area contributed by atoms with Crippen molar-refractivity contribution in [3.63, 3.8) is 0 Å². The van der Waals surface area contributed by atoms with Crippen LogP contribution in [0, 0.1) is 0 Å². The molecule has 33 heavy (non-hydrogen) atoms. The van der Waals surface area contributed by atoms with Gasteiger partial charge in [0.25, 0.3) is 6.47 Å². The van der Waals surface area contributed by atoms with E-state index in [0.29, 0.717) is 5.92 Å². The number of aromatic nitrogens is 2. The fraction of sp³-hybridized carbons (Fsp3) is 0.250. The first-order valence-electron chi connectivity index (χ1n) is 11.5. The molecule has 2 saturated carbocycles. The van der Waals surface area contributed by atoms with Crippen molar-refractivity contribution in [3.8, 4) is 22.4 Å². The Morgan fingerprint density at radius 1 is 0.970 bits per heavy atom. The number of rotatable bonds is 4. The molecule has 0 unspecified atom stereocenters. The highest BCUT2D eigenvalue weighted by Crippen LogP contribution is 2.43. The Morgan fingerprint density at radius 2 is 1.67 bits per heavy atom. The minimum atomic E-state index is -0.250. The summed E-state index contributed by atoms with van der Waals surface area (Å²) in [5, 5.41) is 8.09. The molecular formula is C28H28N3O2+. The molecule has 0 atom stereocenters. The van der Waals surface area contributed by atoms with Crippen molar-refractivity contribution in [1.29, 1.82) is 0 Å². The number of hydrogen-bond donors (Lipinski definition) is 2. The van der Waals surface area contributed by atoms with Crippen molar-refractivity contribution in [2.75, 3.05) is 0 Å². The van der Waals surface area contributed by atoms with Crippen LogP contribution in [0.5, 0.6) is 0 Å². The zero-order valence-corrected chi connectivity index (χ0v) is 18.6. The van der Waals surface area contributed by atoms with E-state index in [0.717, 1.165) is 16.8 Å². The Labute approximate surface area is 193 Å². The average Bonchev–Trinajstić information content (AvgIpc) is 3.68. The lowest BCUT2D eigenvalue weighted by Gasteiger charge is -2.34. The van der Waals surface area contributed by atoms with Gasteiger partial charge in [0.1, 0.15) is 5.54 Å². The number of pyridine rings is 2. The maximum absolute atomic E-state index is 8.36. The highest BCUT2D eigenvalue weighted by Gasteiger charge is 2.38. The first kappa shape index (κ1) is 21.3. The molecule has 0 amide bonds. The van der Waals surface area contributed by atoms with Crippen LogP contribution in [0.15, 0.2) is 72.9 Å². The fourth-order valence-electron chi connectivity index (χ4n) is 4.73. The number of fused-ring (bicyclic) bond motifs is 1. The first-order valence-corrected chi connectivity index (χ1v) is 11.5. The summed E-state index contributed by atoms with van der Waals surface area (Å²) in [6.45, 7) is -0.250. The average molecular weight is 439 g/mol. The van der Waals surface area contributed by atoms with Crippen LogP contribution in [-0.2, 0) is 10.3 Å². The topological polar surface area (TPSA) is 90.7 Å². The van der Waals surface area contributed by atoms with E-state index in [4.69, 9.17) is 19.9 Å². The molecule has 2 aromatic carbocycles. The van der Waals surface area contributed by atoms with Gasteiger partial charge in [0.15, 0.2) is 0 Å². The van der Waals surface area contributed by atoms with Crippen LogP contribution >= 0.6 is 0 Å². The van der Waals surface area contributed by atoms with Crippen molar-refractivity contribution < 1.29 is 15.6 Å². The Hall–Kier alpha value is -3.57. The van der Waals surface area contributed by atoms with Gasteiger partial charge in [-0.2, -0.15) is 0 Å². The predicted molar refractivity (Wildman–Crippen MR) is 129 cm³/mol. The van der Waals surface area contributed by atoms with E-state index < -0.39 is 0 Å². The molecule has 2 fully saturated rings. The van der Waals surface area contributed by atoms with Crippen LogP contribution in [0.4, 0.5) is 0 Å². The van der Waals surface area contributed by atoms with Gasteiger partial charge in [0.2, 0.25) is 0 Å². The predicted octanol–water partition coefficient (Wildman–Crippen LogP) is 5.16. The quantitative estimate of drug-likeness (QED) is 0.431. The minimum absolute atomic E-state index is 0.114. The van der Waals surface area contributed by atoms with Crippen molar-refractivity contribution in [1.82, 2.24) is 9.97 Å². The van der Waals surface area contributed by atoms with E-state index in [2.05, 4.69) is 66.4 Å². The summed E-state index contributed by atoms with van der Waals surface area (Å²) in [4.78, 5) is 18.2. The maximum Gasteiger partial charge on any atom is 0.290 e. The Balaban J connectivity index is 0.000000724. The van der Waals surface area contributed by atoms with Gasteiger partial charge in [0, 0.05) is 47.0 Å². The lowest BCUT2D eigenvalue weighted by Crippen LogP contribution is -2.73. The van der Waals surface area contributed by atoms with Crippen LogP contribution < -0.4 is 5.73 Å². The third kappa shape index (κ3) is 4.12. The number of benzene rings is 2. The maximum atomic E-state index is 8.36. The van der Waals surface area contributed by atoms with E-state index in [1.807, 2.05) is 12.3 Å². The largest absolute Gasteiger partial charge is 0.483 e. The zero-order chi connectivity index (χ0) is 22.8. The second-order valence-electron chi connectivity index (χ2n) is 9.10. The van der Waals surface area contributed by atoms with E-state index >= 15 is 0 Å². The summed E-state index contributed by atoms with van der Waals surface area (Å²) in [7, 11) is 0. The molecular weight excluding hydrogens is 410 g/mol. The Kier molecular flexibility index (Phi) is 5.65. The van der Waals surface area contributed by atoms with Gasteiger partial charge >= 0.3 is 0 Å². The number of carboxylic acid groups (broad SMARTS) is 1. The van der Waals surface area contributed by atoms with Crippen molar-refractivity contribution in [2.24, 2.45) is 0 Å². The van der Waals surface area contributed by atoms with E-state index in [9.17, 15) is 0 Å². The highest BCUT2D eigenvalue weighted by atomic mass is 16.3. The second kappa shape index (κ2) is 8.75. The molecule has 4 N–H and O–H groups in total. The van der Waals surface area contributed by atoms with Gasteiger partial charge in [-0.1, -0.05) is 54.6 Å². The number of nitrogens with zero attached hydrogens (tertiary/aromatic N) is 2. The van der Waals surface area contributed by atoms with E-state index in [1.54, 1.807) is 0 Å². The van der Waals surface area contributed by atoms with Crippen LogP contribution in [0.1, 0.15) is 49.3 Å². The van der Waals surface area contributed by atoms with Crippen LogP contribution in [0.25, 0.3) is 33.3 Å². The van der Waals surface area contributed by atoms with Crippen molar-refractivity contribution in [3.05, 3.63) is 84.2 Å². The number of carbonyl (C=O) groups is 1. The second-order valence-corrected chi connectivity index (χ2v) is 9.10. The third-order valence-corrected chi connectivity index (χ3v) is 6.90. The lowest BCUT2D eigenvalue weighted by molar-refractivity contribution is -0.509. The van der Waals surface area contributed by atoms with Gasteiger partial charge < -0.3 is 10.8 Å². The van der Waals surface area contributed by atoms with Gasteiger partial charge in [0.05, 0.1) is 16.9 Å². The third-order valence-electron chi connectivity index (χ3n) is 6.90. The summed E-state index contributed by atoms with van der Waals surface area (Å²) in [6.07, 6.45) is 8.05. The smallest absolute Gasteiger partial charge is 0.290 e. The summed E-state index contributed by atoms with van der Waals surface area (Å²) >= 11 is 0. The fourth-order valence-corrected chi connectivity index (χ4v) is 4.73. The summed E-state index contributed by atoms with van der Waals surface area (Å²) in [6, 6.07) is 23.9. The summed E-state index contributed by atoms with van der Waals surface area (Å²) in [5.74, 6) is 0.597. The molecule has 2 aliphatic rings. The molecule has 6 rings (SSSR count). The number of hydrogen-bond acceptors (Lipinski definition) is 3. The Bertz CT molecular complexity index is 1280. The minimum Gasteiger partial charge on any atom is -0.483 e. The monoisotopic (exact) mass is 438 g/mol. The first-order chi connectivity index (χ1) is 16.1. The van der Waals surface area contributed by atoms with Crippen molar-refractivity contribution in [2.45, 2.75) is 43.6 Å². The number of quaternary nitrogens is 1. The van der Waals surface area contributed by atoms with Gasteiger partial charge in [-0.3, -0.25) is 9.78 Å². The molecule has 4 aromatic rings. The summed E-state index contributed by atoms with van der Waals surface area (Å²) < 4.78 is 0. The van der Waals surface area contributed by atoms with Crippen LogP contribution in [0.3, 0.4) is 0 Å². The lowest BCUT2D eigenvalue weighted by atomic mass is 9.72. The molecule has 2 heterocycles. The molecule has 5 heteroatoms. The van der Waals surface area contributed by atoms with Crippen LogP contribution in [0.2, 0.25) is 0 Å². The van der Waals surface area contributed by atoms with E-state index in [-0.39, 0.29) is 12.0 Å². The molecule has 0 aliphatic heterocycles. The molecule has 2 aliphatic carbocycles. The van der Waals surface area contributed by atoms with Gasteiger partial charge in [-0.15, -0.1) is 0 Å². The Morgan fingerprint density at radius 3 is 2.27 bits per heavy atom. The highest BCUT2D eigenvalue weighted by molar-refractivity contribution is 5.93. The van der Waals surface area contributed by atoms with Crippen LogP contribution in [-0.4, -0.2) is 21.5 Å². The molecule has 5 nitrogen and oxygen atoms in total. The normalized spacial score (nSPS) is 16.4.